The molecule has 0 bridgehead atoms. The van der Waals surface area contributed by atoms with Gasteiger partial charge in [-0.15, -0.1) is 0 Å². The summed E-state index contributed by atoms with van der Waals surface area (Å²) >= 11 is 0. The van der Waals surface area contributed by atoms with Crippen molar-refractivity contribution < 1.29 is 13.2 Å². The van der Waals surface area contributed by atoms with E-state index in [-0.39, 0.29) is 11.8 Å². The minimum Gasteiger partial charge on any atom is -0.248 e. The van der Waals surface area contributed by atoms with Crippen LogP contribution in [0.5, 0.6) is 0 Å². The third-order valence-corrected chi connectivity index (χ3v) is 2.53. The molecular formula is C11H14F3N. The van der Waals surface area contributed by atoms with Gasteiger partial charge in [-0.25, -0.2) is 4.98 Å². The molecule has 0 fully saturated rings. The molecule has 1 rings (SSSR count). The van der Waals surface area contributed by atoms with Crippen molar-refractivity contribution in [1.29, 1.82) is 0 Å². The minimum atomic E-state index is -4.35. The molecule has 4 heteroatoms. The molecule has 84 valence electrons. The Balaban J connectivity index is 3.03. The van der Waals surface area contributed by atoms with Crippen LogP contribution in [0.15, 0.2) is 18.2 Å². The van der Waals surface area contributed by atoms with E-state index in [9.17, 15) is 13.2 Å². The molecule has 1 heterocycles. The SMILES string of the molecule is CC(C)[C@@H](C)c1cccc(C(F)(F)F)n1. The van der Waals surface area contributed by atoms with Crippen molar-refractivity contribution in [2.75, 3.05) is 0 Å². The summed E-state index contributed by atoms with van der Waals surface area (Å²) in [7, 11) is 0. The zero-order chi connectivity index (χ0) is 11.6. The van der Waals surface area contributed by atoms with Gasteiger partial charge in [-0.1, -0.05) is 26.8 Å². The molecule has 0 aliphatic rings. The molecule has 0 spiro atoms. The monoisotopic (exact) mass is 217 g/mol. The van der Waals surface area contributed by atoms with E-state index in [0.717, 1.165) is 6.07 Å². The van der Waals surface area contributed by atoms with Crippen LogP contribution in [-0.4, -0.2) is 4.98 Å². The Kier molecular flexibility index (Phi) is 3.37. The van der Waals surface area contributed by atoms with E-state index < -0.39 is 11.9 Å². The maximum atomic E-state index is 12.4. The van der Waals surface area contributed by atoms with E-state index in [1.807, 2.05) is 20.8 Å². The van der Waals surface area contributed by atoms with E-state index >= 15 is 0 Å². The van der Waals surface area contributed by atoms with Crippen molar-refractivity contribution in [2.45, 2.75) is 32.9 Å². The molecular weight excluding hydrogens is 203 g/mol. The summed E-state index contributed by atoms with van der Waals surface area (Å²) < 4.78 is 37.1. The average molecular weight is 217 g/mol. The van der Waals surface area contributed by atoms with Gasteiger partial charge in [-0.2, -0.15) is 13.2 Å². The van der Waals surface area contributed by atoms with Crippen molar-refractivity contribution in [3.63, 3.8) is 0 Å². The first-order valence-corrected chi connectivity index (χ1v) is 4.86. The van der Waals surface area contributed by atoms with Gasteiger partial charge in [0.15, 0.2) is 0 Å². The molecule has 1 aromatic rings. The van der Waals surface area contributed by atoms with E-state index in [4.69, 9.17) is 0 Å². The number of nitrogens with zero attached hydrogens (tertiary/aromatic N) is 1. The lowest BCUT2D eigenvalue weighted by molar-refractivity contribution is -0.141. The third kappa shape index (κ3) is 2.94. The summed E-state index contributed by atoms with van der Waals surface area (Å²) in [4.78, 5) is 3.64. The van der Waals surface area contributed by atoms with Crippen molar-refractivity contribution in [1.82, 2.24) is 4.98 Å². The molecule has 0 N–H and O–H groups in total. The van der Waals surface area contributed by atoms with Crippen LogP contribution in [0.4, 0.5) is 13.2 Å². The van der Waals surface area contributed by atoms with Crippen LogP contribution >= 0.6 is 0 Å². The normalized spacial score (nSPS) is 14.3. The topological polar surface area (TPSA) is 12.9 Å². The molecule has 0 aromatic carbocycles. The highest BCUT2D eigenvalue weighted by atomic mass is 19.4. The maximum absolute atomic E-state index is 12.4. The fraction of sp³-hybridized carbons (Fsp3) is 0.545. The Hall–Kier alpha value is -1.06. The summed E-state index contributed by atoms with van der Waals surface area (Å²) in [5, 5.41) is 0. The number of hydrogen-bond acceptors (Lipinski definition) is 1. The number of halogens is 3. The van der Waals surface area contributed by atoms with Gasteiger partial charge < -0.3 is 0 Å². The maximum Gasteiger partial charge on any atom is 0.433 e. The van der Waals surface area contributed by atoms with Gasteiger partial charge in [0.05, 0.1) is 0 Å². The first-order chi connectivity index (χ1) is 6.82. The Morgan fingerprint density at radius 3 is 2.20 bits per heavy atom. The zero-order valence-electron chi connectivity index (χ0n) is 8.97. The first-order valence-electron chi connectivity index (χ1n) is 4.86. The standard InChI is InChI=1S/C11H14F3N/c1-7(2)8(3)9-5-4-6-10(15-9)11(12,13)14/h4-8H,1-3H3/t8-/m1/s1. The molecule has 15 heavy (non-hydrogen) atoms. The highest BCUT2D eigenvalue weighted by Gasteiger charge is 2.32. The second-order valence-electron chi connectivity index (χ2n) is 3.98. The molecule has 0 unspecified atom stereocenters. The fourth-order valence-corrected chi connectivity index (χ4v) is 1.20. The average Bonchev–Trinajstić information content (AvgIpc) is 2.15. The van der Waals surface area contributed by atoms with E-state index in [1.165, 1.54) is 6.07 Å². The molecule has 0 aliphatic carbocycles. The largest absolute Gasteiger partial charge is 0.433 e. The molecule has 0 radical (unpaired) electrons. The number of rotatable bonds is 2. The summed E-state index contributed by atoms with van der Waals surface area (Å²) in [6.07, 6.45) is -4.35. The van der Waals surface area contributed by atoms with Gasteiger partial charge >= 0.3 is 6.18 Å². The second-order valence-corrected chi connectivity index (χ2v) is 3.98. The smallest absolute Gasteiger partial charge is 0.248 e. The van der Waals surface area contributed by atoms with Gasteiger partial charge in [0.2, 0.25) is 0 Å². The molecule has 0 aliphatic heterocycles. The fourth-order valence-electron chi connectivity index (χ4n) is 1.20. The molecule has 0 saturated heterocycles. The minimum absolute atomic E-state index is 0.0345. The van der Waals surface area contributed by atoms with E-state index in [2.05, 4.69) is 4.98 Å². The van der Waals surface area contributed by atoms with Crippen LogP contribution in [0.25, 0.3) is 0 Å². The molecule has 1 atom stereocenters. The quantitative estimate of drug-likeness (QED) is 0.733. The molecule has 0 amide bonds. The van der Waals surface area contributed by atoms with E-state index in [0.29, 0.717) is 5.69 Å². The lowest BCUT2D eigenvalue weighted by Crippen LogP contribution is -2.12. The van der Waals surface area contributed by atoms with E-state index in [1.54, 1.807) is 6.07 Å². The van der Waals surface area contributed by atoms with Crippen molar-refractivity contribution in [2.24, 2.45) is 5.92 Å². The van der Waals surface area contributed by atoms with Crippen molar-refractivity contribution >= 4 is 0 Å². The van der Waals surface area contributed by atoms with Gasteiger partial charge in [0.1, 0.15) is 5.69 Å². The molecule has 1 aromatic heterocycles. The van der Waals surface area contributed by atoms with Gasteiger partial charge in [0, 0.05) is 11.6 Å². The summed E-state index contributed by atoms with van der Waals surface area (Å²) in [6, 6.07) is 4.04. The number of pyridine rings is 1. The highest BCUT2D eigenvalue weighted by Crippen LogP contribution is 2.29. The van der Waals surface area contributed by atoms with Crippen molar-refractivity contribution in [3.05, 3.63) is 29.6 Å². The second kappa shape index (κ2) is 4.21. The number of hydrogen-bond donors (Lipinski definition) is 0. The Bertz CT molecular complexity index is 331. The number of aromatic nitrogens is 1. The van der Waals surface area contributed by atoms with Crippen LogP contribution in [0.3, 0.4) is 0 Å². The molecule has 0 saturated carbocycles. The van der Waals surface area contributed by atoms with Crippen LogP contribution in [0, 0.1) is 5.92 Å². The van der Waals surface area contributed by atoms with Gasteiger partial charge in [-0.05, 0) is 18.1 Å². The summed E-state index contributed by atoms with van der Waals surface area (Å²) in [5.41, 5.74) is -0.313. The van der Waals surface area contributed by atoms with Gasteiger partial charge in [0.25, 0.3) is 0 Å². The van der Waals surface area contributed by atoms with Crippen LogP contribution < -0.4 is 0 Å². The lowest BCUT2D eigenvalue weighted by atomic mass is 9.94. The lowest BCUT2D eigenvalue weighted by Gasteiger charge is -2.16. The summed E-state index contributed by atoms with van der Waals surface area (Å²) in [5.74, 6) is 0.313. The predicted molar refractivity (Wildman–Crippen MR) is 52.5 cm³/mol. The Morgan fingerprint density at radius 1 is 1.13 bits per heavy atom. The van der Waals surface area contributed by atoms with Crippen molar-refractivity contribution in [3.8, 4) is 0 Å². The first kappa shape index (κ1) is 12.0. The number of alkyl halides is 3. The zero-order valence-corrected chi connectivity index (χ0v) is 8.97. The van der Waals surface area contributed by atoms with Crippen LogP contribution in [0.2, 0.25) is 0 Å². The van der Waals surface area contributed by atoms with Crippen LogP contribution in [0.1, 0.15) is 38.1 Å². The predicted octanol–water partition coefficient (Wildman–Crippen LogP) is 3.86. The summed E-state index contributed by atoms with van der Waals surface area (Å²) in [6.45, 7) is 5.81. The third-order valence-electron chi connectivity index (χ3n) is 2.53. The van der Waals surface area contributed by atoms with Crippen LogP contribution in [-0.2, 0) is 6.18 Å². The highest BCUT2D eigenvalue weighted by molar-refractivity contribution is 5.16. The molecule has 1 nitrogen and oxygen atoms in total. The van der Waals surface area contributed by atoms with Gasteiger partial charge in [-0.3, -0.25) is 0 Å². The Morgan fingerprint density at radius 2 is 1.73 bits per heavy atom. The Labute approximate surface area is 87.3 Å².